The minimum absolute atomic E-state index is 0.374. The van der Waals surface area contributed by atoms with Crippen molar-refractivity contribution in [2.75, 3.05) is 0 Å². The van der Waals surface area contributed by atoms with Crippen LogP contribution in [0.4, 0.5) is 0 Å². The molecule has 2 fully saturated rings. The van der Waals surface area contributed by atoms with Gasteiger partial charge in [-0.05, 0) is 89.0 Å². The standard InChI is InChI=1S/C22H28O4/c1-4-16-13-17(19(23)25-21(2)9-5-6-10-21)15-18(14-16)20(24)26-22(3)11-7-8-12-22/h4,13-15H,1,5-12H2,2-3H3. The minimum Gasteiger partial charge on any atom is -0.456 e. The Morgan fingerprint density at radius 2 is 1.23 bits per heavy atom. The molecule has 2 aliphatic carbocycles. The fourth-order valence-electron chi connectivity index (χ4n) is 4.02. The van der Waals surface area contributed by atoms with E-state index < -0.39 is 11.2 Å². The topological polar surface area (TPSA) is 52.6 Å². The molecule has 0 amide bonds. The van der Waals surface area contributed by atoms with Crippen molar-refractivity contribution in [1.82, 2.24) is 0 Å². The summed E-state index contributed by atoms with van der Waals surface area (Å²) in [6, 6.07) is 5.00. The molecule has 0 unspecified atom stereocenters. The van der Waals surface area contributed by atoms with Gasteiger partial charge in [-0.2, -0.15) is 0 Å². The van der Waals surface area contributed by atoms with Crippen LogP contribution in [0.5, 0.6) is 0 Å². The van der Waals surface area contributed by atoms with E-state index in [1.807, 2.05) is 13.8 Å². The average molecular weight is 356 g/mol. The van der Waals surface area contributed by atoms with Gasteiger partial charge in [-0.1, -0.05) is 12.7 Å². The molecule has 0 radical (unpaired) electrons. The normalized spacial score (nSPS) is 20.5. The van der Waals surface area contributed by atoms with Gasteiger partial charge in [0.2, 0.25) is 0 Å². The second kappa shape index (κ2) is 7.26. The first-order chi connectivity index (χ1) is 12.3. The van der Waals surface area contributed by atoms with Gasteiger partial charge >= 0.3 is 11.9 Å². The summed E-state index contributed by atoms with van der Waals surface area (Å²) in [7, 11) is 0. The van der Waals surface area contributed by atoms with Gasteiger partial charge in [-0.15, -0.1) is 0 Å². The van der Waals surface area contributed by atoms with Crippen molar-refractivity contribution in [2.24, 2.45) is 0 Å². The van der Waals surface area contributed by atoms with Crippen molar-refractivity contribution in [3.63, 3.8) is 0 Å². The monoisotopic (exact) mass is 356 g/mol. The lowest BCUT2D eigenvalue weighted by Crippen LogP contribution is -2.29. The Morgan fingerprint density at radius 3 is 1.58 bits per heavy atom. The SMILES string of the molecule is C=Cc1cc(C(=O)OC2(C)CCCC2)cc(C(=O)OC2(C)CCCC2)c1. The van der Waals surface area contributed by atoms with E-state index in [-0.39, 0.29) is 11.9 Å². The summed E-state index contributed by atoms with van der Waals surface area (Å²) < 4.78 is 11.5. The Kier molecular flexibility index (Phi) is 5.22. The largest absolute Gasteiger partial charge is 0.456 e. The Labute approximate surface area is 155 Å². The van der Waals surface area contributed by atoms with Crippen molar-refractivity contribution >= 4 is 18.0 Å². The molecule has 1 aromatic carbocycles. The van der Waals surface area contributed by atoms with Crippen molar-refractivity contribution in [1.29, 1.82) is 0 Å². The van der Waals surface area contributed by atoms with Crippen LogP contribution >= 0.6 is 0 Å². The van der Waals surface area contributed by atoms with Crippen molar-refractivity contribution < 1.29 is 19.1 Å². The van der Waals surface area contributed by atoms with Crippen molar-refractivity contribution in [3.8, 4) is 0 Å². The zero-order valence-electron chi connectivity index (χ0n) is 15.8. The molecule has 2 aliphatic rings. The lowest BCUT2D eigenvalue weighted by Gasteiger charge is -2.25. The summed E-state index contributed by atoms with van der Waals surface area (Å²) in [5.74, 6) is -0.779. The van der Waals surface area contributed by atoms with Gasteiger partial charge in [-0.25, -0.2) is 9.59 Å². The van der Waals surface area contributed by atoms with E-state index in [4.69, 9.17) is 9.47 Å². The molecular weight excluding hydrogens is 328 g/mol. The third-order valence-electron chi connectivity index (χ3n) is 5.66. The molecule has 2 saturated carbocycles. The molecule has 0 aromatic heterocycles. The molecule has 26 heavy (non-hydrogen) atoms. The van der Waals surface area contributed by atoms with E-state index >= 15 is 0 Å². The quantitative estimate of drug-likeness (QED) is 0.671. The first-order valence-electron chi connectivity index (χ1n) is 9.57. The van der Waals surface area contributed by atoms with Crippen LogP contribution in [0.25, 0.3) is 6.08 Å². The van der Waals surface area contributed by atoms with Crippen LogP contribution in [-0.4, -0.2) is 23.1 Å². The van der Waals surface area contributed by atoms with Gasteiger partial charge < -0.3 is 9.47 Å². The lowest BCUT2D eigenvalue weighted by atomic mass is 10.0. The zero-order valence-corrected chi connectivity index (χ0v) is 15.8. The maximum absolute atomic E-state index is 12.6. The zero-order chi connectivity index (χ0) is 18.8. The van der Waals surface area contributed by atoms with Gasteiger partial charge in [0.05, 0.1) is 11.1 Å². The van der Waals surface area contributed by atoms with Crippen LogP contribution in [0.2, 0.25) is 0 Å². The summed E-state index contributed by atoms with van der Waals surface area (Å²) in [6.07, 6.45) is 9.46. The number of hydrogen-bond acceptors (Lipinski definition) is 4. The van der Waals surface area contributed by atoms with E-state index in [9.17, 15) is 9.59 Å². The maximum atomic E-state index is 12.6. The molecule has 0 saturated heterocycles. The van der Waals surface area contributed by atoms with Gasteiger partial charge in [0.25, 0.3) is 0 Å². The number of esters is 2. The second-order valence-electron chi connectivity index (χ2n) is 8.14. The van der Waals surface area contributed by atoms with E-state index in [0.29, 0.717) is 16.7 Å². The van der Waals surface area contributed by atoms with Crippen LogP contribution in [0.3, 0.4) is 0 Å². The molecule has 140 valence electrons. The van der Waals surface area contributed by atoms with Crippen molar-refractivity contribution in [3.05, 3.63) is 41.5 Å². The highest BCUT2D eigenvalue weighted by Crippen LogP contribution is 2.35. The number of carbonyl (C=O) groups is 2. The summed E-state index contributed by atoms with van der Waals surface area (Å²) in [5, 5.41) is 0. The Morgan fingerprint density at radius 1 is 0.846 bits per heavy atom. The van der Waals surface area contributed by atoms with Crippen molar-refractivity contribution in [2.45, 2.75) is 76.4 Å². The first-order valence-corrected chi connectivity index (χ1v) is 9.57. The van der Waals surface area contributed by atoms with Crippen LogP contribution in [0.15, 0.2) is 24.8 Å². The predicted octanol–water partition coefficient (Wildman–Crippen LogP) is 5.31. The number of hydrogen-bond donors (Lipinski definition) is 0. The predicted molar refractivity (Wildman–Crippen MR) is 101 cm³/mol. The molecular formula is C22H28O4. The molecule has 3 rings (SSSR count). The molecule has 4 nitrogen and oxygen atoms in total. The molecule has 0 bridgehead atoms. The highest BCUT2D eigenvalue weighted by Gasteiger charge is 2.34. The Bertz CT molecular complexity index is 653. The van der Waals surface area contributed by atoms with Gasteiger partial charge in [0, 0.05) is 0 Å². The third-order valence-corrected chi connectivity index (χ3v) is 5.66. The molecule has 0 atom stereocenters. The van der Waals surface area contributed by atoms with Crippen LogP contribution in [0, 0.1) is 0 Å². The summed E-state index contributed by atoms with van der Waals surface area (Å²) >= 11 is 0. The number of ether oxygens (including phenoxy) is 2. The fourth-order valence-corrected chi connectivity index (χ4v) is 4.02. The summed E-state index contributed by atoms with van der Waals surface area (Å²) in [4.78, 5) is 25.3. The first kappa shape index (κ1) is 18.7. The van der Waals surface area contributed by atoms with Crippen LogP contribution in [0.1, 0.15) is 91.5 Å². The molecule has 0 aliphatic heterocycles. The highest BCUT2D eigenvalue weighted by atomic mass is 16.6. The Hall–Kier alpha value is -2.10. The molecule has 4 heteroatoms. The van der Waals surface area contributed by atoms with Gasteiger partial charge in [0.15, 0.2) is 0 Å². The van der Waals surface area contributed by atoms with E-state index in [2.05, 4.69) is 6.58 Å². The number of carbonyl (C=O) groups excluding carboxylic acids is 2. The van der Waals surface area contributed by atoms with Crippen LogP contribution in [-0.2, 0) is 9.47 Å². The molecule has 0 spiro atoms. The van der Waals surface area contributed by atoms with Crippen LogP contribution < -0.4 is 0 Å². The summed E-state index contributed by atoms with van der Waals surface area (Å²) in [5.41, 5.74) is 0.649. The average Bonchev–Trinajstić information content (AvgIpc) is 3.23. The lowest BCUT2D eigenvalue weighted by molar-refractivity contribution is -0.00615. The third kappa shape index (κ3) is 4.17. The van der Waals surface area contributed by atoms with E-state index in [0.717, 1.165) is 51.4 Å². The number of rotatable bonds is 5. The summed E-state index contributed by atoms with van der Waals surface area (Å²) in [6.45, 7) is 7.72. The van der Waals surface area contributed by atoms with Gasteiger partial charge in [-0.3, -0.25) is 0 Å². The van der Waals surface area contributed by atoms with Gasteiger partial charge in [0.1, 0.15) is 11.2 Å². The maximum Gasteiger partial charge on any atom is 0.338 e. The molecule has 0 heterocycles. The molecule has 1 aromatic rings. The molecule has 0 N–H and O–H groups in total. The smallest absolute Gasteiger partial charge is 0.338 e. The van der Waals surface area contributed by atoms with E-state index in [1.165, 1.54) is 0 Å². The minimum atomic E-state index is -0.404. The fraction of sp³-hybridized carbons (Fsp3) is 0.545. The Balaban J connectivity index is 1.80. The highest BCUT2D eigenvalue weighted by molar-refractivity contribution is 5.96. The second-order valence-corrected chi connectivity index (χ2v) is 8.14. The van der Waals surface area contributed by atoms with E-state index in [1.54, 1.807) is 24.3 Å². The number of benzene rings is 1.